The Labute approximate surface area is 108 Å². The normalized spacial score (nSPS) is 16.9. The van der Waals surface area contributed by atoms with Gasteiger partial charge in [-0.2, -0.15) is 0 Å². The highest BCUT2D eigenvalue weighted by molar-refractivity contribution is 5.80. The largest absolute Gasteiger partial charge is 0.480 e. The Kier molecular flexibility index (Phi) is 5.02. The first-order valence-corrected chi connectivity index (χ1v) is 6.15. The van der Waals surface area contributed by atoms with Gasteiger partial charge in [0, 0.05) is 6.54 Å². The van der Waals surface area contributed by atoms with Gasteiger partial charge in [-0.05, 0) is 18.3 Å². The SMILES string of the molecule is C#CCN(CC(=O)O)C(=O)NCC1(C)CCCC1. The van der Waals surface area contributed by atoms with Crippen molar-refractivity contribution in [2.24, 2.45) is 5.41 Å². The summed E-state index contributed by atoms with van der Waals surface area (Å²) in [5, 5.41) is 11.5. The predicted molar refractivity (Wildman–Crippen MR) is 68.0 cm³/mol. The summed E-state index contributed by atoms with van der Waals surface area (Å²) in [7, 11) is 0. The van der Waals surface area contributed by atoms with Crippen LogP contribution in [0, 0.1) is 17.8 Å². The van der Waals surface area contributed by atoms with E-state index in [1.54, 1.807) is 0 Å². The molecule has 100 valence electrons. The van der Waals surface area contributed by atoms with E-state index in [-0.39, 0.29) is 18.5 Å². The number of carbonyl (C=O) groups is 2. The molecular weight excluding hydrogens is 232 g/mol. The molecule has 2 N–H and O–H groups in total. The minimum absolute atomic E-state index is 0.00878. The first kappa shape index (κ1) is 14.4. The zero-order valence-electron chi connectivity index (χ0n) is 10.7. The Morgan fingerprint density at radius 2 is 2.06 bits per heavy atom. The number of rotatable bonds is 5. The highest BCUT2D eigenvalue weighted by Crippen LogP contribution is 2.36. The van der Waals surface area contributed by atoms with Crippen molar-refractivity contribution >= 4 is 12.0 Å². The fourth-order valence-corrected chi connectivity index (χ4v) is 2.28. The van der Waals surface area contributed by atoms with E-state index in [2.05, 4.69) is 18.2 Å². The molecule has 5 heteroatoms. The number of nitrogens with zero attached hydrogens (tertiary/aromatic N) is 1. The van der Waals surface area contributed by atoms with Gasteiger partial charge in [0.25, 0.3) is 0 Å². The molecule has 0 saturated heterocycles. The molecule has 0 aliphatic heterocycles. The van der Waals surface area contributed by atoms with Gasteiger partial charge in [0.2, 0.25) is 0 Å². The Hall–Kier alpha value is -1.70. The van der Waals surface area contributed by atoms with Crippen LogP contribution in [0.1, 0.15) is 32.6 Å². The van der Waals surface area contributed by atoms with Gasteiger partial charge in [-0.1, -0.05) is 25.7 Å². The summed E-state index contributed by atoms with van der Waals surface area (Å²) in [4.78, 5) is 23.6. The summed E-state index contributed by atoms with van der Waals surface area (Å²) in [5.41, 5.74) is 0.140. The Bertz CT molecular complexity index is 354. The van der Waals surface area contributed by atoms with E-state index in [1.165, 1.54) is 12.8 Å². The average Bonchev–Trinajstić information content (AvgIpc) is 2.72. The molecule has 0 bridgehead atoms. The monoisotopic (exact) mass is 252 g/mol. The summed E-state index contributed by atoms with van der Waals surface area (Å²) in [5.74, 6) is 1.23. The van der Waals surface area contributed by atoms with Crippen LogP contribution in [0.3, 0.4) is 0 Å². The quantitative estimate of drug-likeness (QED) is 0.724. The average molecular weight is 252 g/mol. The molecule has 0 aromatic carbocycles. The Balaban J connectivity index is 2.46. The van der Waals surface area contributed by atoms with Gasteiger partial charge >= 0.3 is 12.0 Å². The molecule has 1 aliphatic rings. The lowest BCUT2D eigenvalue weighted by Gasteiger charge is -2.26. The molecule has 1 aliphatic carbocycles. The number of amides is 2. The van der Waals surface area contributed by atoms with Crippen LogP contribution in [0.15, 0.2) is 0 Å². The zero-order chi connectivity index (χ0) is 13.6. The van der Waals surface area contributed by atoms with Gasteiger partial charge in [0.05, 0.1) is 6.54 Å². The number of hydrogen-bond donors (Lipinski definition) is 2. The number of nitrogens with one attached hydrogen (secondary N) is 1. The van der Waals surface area contributed by atoms with E-state index in [9.17, 15) is 9.59 Å². The van der Waals surface area contributed by atoms with Crippen molar-refractivity contribution in [2.45, 2.75) is 32.6 Å². The summed E-state index contributed by atoms with van der Waals surface area (Å²) < 4.78 is 0. The molecule has 1 fully saturated rings. The van der Waals surface area contributed by atoms with Crippen molar-refractivity contribution in [3.05, 3.63) is 0 Å². The predicted octanol–water partition coefficient (Wildman–Crippen LogP) is 1.30. The minimum Gasteiger partial charge on any atom is -0.480 e. The lowest BCUT2D eigenvalue weighted by atomic mass is 9.89. The van der Waals surface area contributed by atoms with Crippen LogP contribution in [0.25, 0.3) is 0 Å². The molecule has 0 aromatic rings. The van der Waals surface area contributed by atoms with Crippen LogP contribution in [-0.4, -0.2) is 41.6 Å². The maximum Gasteiger partial charge on any atom is 0.323 e. The molecule has 0 unspecified atom stereocenters. The Morgan fingerprint density at radius 1 is 1.44 bits per heavy atom. The van der Waals surface area contributed by atoms with Crippen LogP contribution >= 0.6 is 0 Å². The molecule has 1 rings (SSSR count). The first-order chi connectivity index (χ1) is 8.47. The number of terminal acetylenes is 1. The van der Waals surface area contributed by atoms with Crippen molar-refractivity contribution in [3.8, 4) is 12.3 Å². The van der Waals surface area contributed by atoms with Gasteiger partial charge in [-0.3, -0.25) is 4.79 Å². The molecular formula is C13H20N2O3. The molecule has 5 nitrogen and oxygen atoms in total. The van der Waals surface area contributed by atoms with Gasteiger partial charge < -0.3 is 15.3 Å². The highest BCUT2D eigenvalue weighted by Gasteiger charge is 2.29. The summed E-state index contributed by atoms with van der Waals surface area (Å²) >= 11 is 0. The molecule has 18 heavy (non-hydrogen) atoms. The summed E-state index contributed by atoms with van der Waals surface area (Å²) in [6.07, 6.45) is 9.70. The minimum atomic E-state index is -1.06. The number of carbonyl (C=O) groups excluding carboxylic acids is 1. The first-order valence-electron chi connectivity index (χ1n) is 6.15. The summed E-state index contributed by atoms with van der Waals surface area (Å²) in [6.45, 7) is 2.36. The van der Waals surface area contributed by atoms with E-state index >= 15 is 0 Å². The molecule has 2 amide bonds. The van der Waals surface area contributed by atoms with Gasteiger partial charge in [0.1, 0.15) is 6.54 Å². The van der Waals surface area contributed by atoms with Crippen LogP contribution in [-0.2, 0) is 4.79 Å². The van der Waals surface area contributed by atoms with E-state index in [4.69, 9.17) is 11.5 Å². The number of carboxylic acid groups (broad SMARTS) is 1. The van der Waals surface area contributed by atoms with E-state index in [0.29, 0.717) is 6.54 Å². The van der Waals surface area contributed by atoms with E-state index in [1.807, 2.05) is 0 Å². The second-order valence-electron chi connectivity index (χ2n) is 5.13. The third kappa shape index (κ3) is 4.28. The van der Waals surface area contributed by atoms with Crippen molar-refractivity contribution < 1.29 is 14.7 Å². The highest BCUT2D eigenvalue weighted by atomic mass is 16.4. The van der Waals surface area contributed by atoms with E-state index in [0.717, 1.165) is 17.7 Å². The summed E-state index contributed by atoms with van der Waals surface area (Å²) in [6, 6.07) is -0.400. The van der Waals surface area contributed by atoms with Gasteiger partial charge in [0.15, 0.2) is 0 Å². The van der Waals surface area contributed by atoms with Gasteiger partial charge in [-0.15, -0.1) is 6.42 Å². The number of urea groups is 1. The maximum absolute atomic E-state index is 11.8. The molecule has 0 heterocycles. The third-order valence-corrected chi connectivity index (χ3v) is 3.37. The van der Waals surface area contributed by atoms with E-state index < -0.39 is 12.0 Å². The Morgan fingerprint density at radius 3 is 2.56 bits per heavy atom. The number of aliphatic carboxylic acids is 1. The van der Waals surface area contributed by atoms with Crippen molar-refractivity contribution in [2.75, 3.05) is 19.6 Å². The second kappa shape index (κ2) is 6.29. The van der Waals surface area contributed by atoms with Crippen molar-refractivity contribution in [3.63, 3.8) is 0 Å². The van der Waals surface area contributed by atoms with Crippen LogP contribution in [0.5, 0.6) is 0 Å². The standard InChI is InChI=1S/C13H20N2O3/c1-3-8-15(9-11(16)17)12(18)14-10-13(2)6-4-5-7-13/h1H,4-10H2,2H3,(H,14,18)(H,16,17). The molecule has 0 spiro atoms. The molecule has 0 radical (unpaired) electrons. The molecule has 0 atom stereocenters. The lowest BCUT2D eigenvalue weighted by molar-refractivity contribution is -0.137. The maximum atomic E-state index is 11.8. The van der Waals surface area contributed by atoms with Crippen LogP contribution in [0.2, 0.25) is 0 Å². The van der Waals surface area contributed by atoms with Crippen molar-refractivity contribution in [1.82, 2.24) is 10.2 Å². The fourth-order valence-electron chi connectivity index (χ4n) is 2.28. The van der Waals surface area contributed by atoms with Crippen molar-refractivity contribution in [1.29, 1.82) is 0 Å². The molecule has 0 aromatic heterocycles. The molecule has 1 saturated carbocycles. The smallest absolute Gasteiger partial charge is 0.323 e. The lowest BCUT2D eigenvalue weighted by Crippen LogP contribution is -2.45. The van der Waals surface area contributed by atoms with Crippen LogP contribution in [0.4, 0.5) is 4.79 Å². The van der Waals surface area contributed by atoms with Crippen LogP contribution < -0.4 is 5.32 Å². The number of carboxylic acids is 1. The fraction of sp³-hybridized carbons (Fsp3) is 0.692. The third-order valence-electron chi connectivity index (χ3n) is 3.37. The van der Waals surface area contributed by atoms with Gasteiger partial charge in [-0.25, -0.2) is 4.79 Å². The topological polar surface area (TPSA) is 69.6 Å². The second-order valence-corrected chi connectivity index (χ2v) is 5.13. The number of hydrogen-bond acceptors (Lipinski definition) is 2. The zero-order valence-corrected chi connectivity index (χ0v) is 10.7.